The zero-order valence-corrected chi connectivity index (χ0v) is 27.1. The summed E-state index contributed by atoms with van der Waals surface area (Å²) in [6.07, 6.45) is 8.79. The number of nitrogens with one attached hydrogen (secondary N) is 2. The van der Waals surface area contributed by atoms with Gasteiger partial charge >= 0.3 is 6.09 Å². The minimum absolute atomic E-state index is 0.00329. The number of sulfonamides is 1. The third-order valence-electron chi connectivity index (χ3n) is 7.81. The minimum atomic E-state index is -3.87. The lowest BCUT2D eigenvalue weighted by Crippen LogP contribution is -2.47. The average molecular weight is 659 g/mol. The van der Waals surface area contributed by atoms with Crippen LogP contribution in [0.25, 0.3) is 11.3 Å². The zero-order valence-electron chi connectivity index (χ0n) is 26.3. The van der Waals surface area contributed by atoms with Crippen molar-refractivity contribution >= 4 is 27.8 Å². The van der Waals surface area contributed by atoms with Crippen molar-refractivity contribution in [2.24, 2.45) is 5.92 Å². The van der Waals surface area contributed by atoms with Crippen LogP contribution in [0, 0.1) is 17.6 Å². The first kappa shape index (κ1) is 33.3. The van der Waals surface area contributed by atoms with Crippen LogP contribution >= 0.6 is 0 Å². The molecule has 1 aromatic carbocycles. The van der Waals surface area contributed by atoms with Gasteiger partial charge in [-0.1, -0.05) is 19.3 Å². The van der Waals surface area contributed by atoms with Gasteiger partial charge in [-0.15, -0.1) is 0 Å². The lowest BCUT2D eigenvalue weighted by molar-refractivity contribution is 0.0206. The van der Waals surface area contributed by atoms with Crippen molar-refractivity contribution in [2.75, 3.05) is 28.9 Å². The summed E-state index contributed by atoms with van der Waals surface area (Å²) in [4.78, 5) is 27.4. The third kappa shape index (κ3) is 8.80. The minimum Gasteiger partial charge on any atom is -0.444 e. The first-order valence-electron chi connectivity index (χ1n) is 15.6. The molecule has 5 rings (SSSR count). The Morgan fingerprint density at radius 1 is 1.00 bits per heavy atom. The van der Waals surface area contributed by atoms with E-state index in [4.69, 9.17) is 9.47 Å². The summed E-state index contributed by atoms with van der Waals surface area (Å²) >= 11 is 0. The summed E-state index contributed by atoms with van der Waals surface area (Å²) in [5.74, 6) is -3.06. The van der Waals surface area contributed by atoms with Gasteiger partial charge in [-0.2, -0.15) is 4.39 Å². The number of anilines is 2. The predicted octanol–water partition coefficient (Wildman–Crippen LogP) is 6.74. The fourth-order valence-corrected chi connectivity index (χ4v) is 7.21. The quantitative estimate of drug-likeness (QED) is 0.256. The highest BCUT2D eigenvalue weighted by Gasteiger charge is 2.28. The van der Waals surface area contributed by atoms with E-state index in [1.54, 1.807) is 29.3 Å². The Bertz CT molecular complexity index is 1650. The molecule has 2 aromatic heterocycles. The van der Waals surface area contributed by atoms with E-state index in [2.05, 4.69) is 25.0 Å². The molecule has 2 fully saturated rings. The Labute approximate surface area is 268 Å². The normalized spacial score (nSPS) is 17.8. The number of piperidine rings is 1. The fraction of sp³-hybridized carbons (Fsp3) is 0.500. The van der Waals surface area contributed by atoms with Crippen LogP contribution in [-0.4, -0.2) is 64.8 Å². The van der Waals surface area contributed by atoms with Crippen molar-refractivity contribution in [2.45, 2.75) is 77.4 Å². The SMILES string of the molecule is CC(C)(C)OC(=O)N1CCC[C@H](Nc2nccc(-c3cccnc3Oc3ccc(NS(=O)(=O)CC4CCCCC4)c(F)c3F)n2)C1. The number of aromatic nitrogens is 3. The van der Waals surface area contributed by atoms with E-state index in [0.717, 1.165) is 57.1 Å². The third-order valence-corrected chi connectivity index (χ3v) is 9.25. The van der Waals surface area contributed by atoms with Crippen molar-refractivity contribution in [3.05, 3.63) is 54.4 Å². The molecule has 1 aliphatic carbocycles. The van der Waals surface area contributed by atoms with Crippen molar-refractivity contribution in [1.82, 2.24) is 19.9 Å². The largest absolute Gasteiger partial charge is 0.444 e. The molecule has 2 N–H and O–H groups in total. The summed E-state index contributed by atoms with van der Waals surface area (Å²) in [5.41, 5.74) is -0.278. The Morgan fingerprint density at radius 2 is 1.78 bits per heavy atom. The lowest BCUT2D eigenvalue weighted by atomic mass is 9.91. The van der Waals surface area contributed by atoms with E-state index in [-0.39, 0.29) is 29.7 Å². The Morgan fingerprint density at radius 3 is 2.54 bits per heavy atom. The number of ether oxygens (including phenoxy) is 2. The molecule has 14 heteroatoms. The van der Waals surface area contributed by atoms with Crippen molar-refractivity contribution in [3.8, 4) is 22.9 Å². The number of likely N-dealkylation sites (tertiary alicyclic amines) is 1. The van der Waals surface area contributed by atoms with Crippen LogP contribution in [-0.2, 0) is 14.8 Å². The van der Waals surface area contributed by atoms with E-state index in [1.165, 1.54) is 6.20 Å². The Kier molecular flexibility index (Phi) is 10.2. The van der Waals surface area contributed by atoms with Crippen LogP contribution in [0.1, 0.15) is 65.7 Å². The van der Waals surface area contributed by atoms with Gasteiger partial charge in [0.2, 0.25) is 27.7 Å². The van der Waals surface area contributed by atoms with Crippen LogP contribution in [0.15, 0.2) is 42.7 Å². The van der Waals surface area contributed by atoms with Crippen LogP contribution in [0.3, 0.4) is 0 Å². The molecule has 2 aliphatic rings. The monoisotopic (exact) mass is 658 g/mol. The number of hydrogen-bond donors (Lipinski definition) is 2. The molecule has 0 unspecified atom stereocenters. The summed E-state index contributed by atoms with van der Waals surface area (Å²) in [5, 5.41) is 3.28. The number of nitrogens with zero attached hydrogens (tertiary/aromatic N) is 4. The average Bonchev–Trinajstić information content (AvgIpc) is 3.01. The molecule has 1 atom stereocenters. The number of amides is 1. The molecule has 1 aliphatic heterocycles. The van der Waals surface area contributed by atoms with E-state index in [0.29, 0.717) is 30.3 Å². The van der Waals surface area contributed by atoms with Gasteiger partial charge in [0, 0.05) is 31.5 Å². The summed E-state index contributed by atoms with van der Waals surface area (Å²) in [7, 11) is -3.87. The molecule has 1 amide bonds. The number of benzene rings is 1. The number of halogens is 2. The van der Waals surface area contributed by atoms with E-state index >= 15 is 8.78 Å². The molecule has 1 saturated heterocycles. The second kappa shape index (κ2) is 14.1. The molecular weight excluding hydrogens is 618 g/mol. The van der Waals surface area contributed by atoms with Gasteiger partial charge in [0.05, 0.1) is 22.7 Å². The molecule has 248 valence electrons. The molecule has 11 nitrogen and oxygen atoms in total. The van der Waals surface area contributed by atoms with Crippen molar-refractivity contribution in [1.29, 1.82) is 0 Å². The lowest BCUT2D eigenvalue weighted by Gasteiger charge is -2.34. The first-order chi connectivity index (χ1) is 21.9. The second-order valence-corrected chi connectivity index (χ2v) is 14.5. The van der Waals surface area contributed by atoms with E-state index in [9.17, 15) is 13.2 Å². The smallest absolute Gasteiger partial charge is 0.410 e. The van der Waals surface area contributed by atoms with Gasteiger partial charge in [-0.3, -0.25) is 4.72 Å². The topological polar surface area (TPSA) is 136 Å². The van der Waals surface area contributed by atoms with Gasteiger partial charge in [0.1, 0.15) is 5.60 Å². The molecule has 46 heavy (non-hydrogen) atoms. The van der Waals surface area contributed by atoms with Crippen LogP contribution in [0.4, 0.5) is 25.2 Å². The second-order valence-electron chi connectivity index (χ2n) is 12.8. The zero-order chi connectivity index (χ0) is 32.9. The van der Waals surface area contributed by atoms with E-state index in [1.807, 2.05) is 20.8 Å². The highest BCUT2D eigenvalue weighted by Crippen LogP contribution is 2.35. The number of carbonyl (C=O) groups is 1. The maximum absolute atomic E-state index is 15.2. The van der Waals surface area contributed by atoms with Crippen molar-refractivity contribution in [3.63, 3.8) is 0 Å². The molecule has 3 aromatic rings. The van der Waals surface area contributed by atoms with Gasteiger partial charge < -0.3 is 19.7 Å². The highest BCUT2D eigenvalue weighted by atomic mass is 32.2. The predicted molar refractivity (Wildman–Crippen MR) is 170 cm³/mol. The maximum Gasteiger partial charge on any atom is 0.410 e. The highest BCUT2D eigenvalue weighted by molar-refractivity contribution is 7.92. The standard InChI is InChI=1S/C32H40F2N6O5S/c1-32(2,3)45-31(41)40-18-8-11-22(19-40)37-30-36-17-15-24(38-30)23-12-7-16-35-29(23)44-26-14-13-25(27(33)28(26)34)39-46(42,43)20-21-9-5-4-6-10-21/h7,12-17,21-22,39H,4-6,8-11,18-20H2,1-3H3,(H,36,37,38)/t22-/m0/s1. The van der Waals surface area contributed by atoms with Gasteiger partial charge in [-0.05, 0) is 82.7 Å². The number of hydrogen-bond acceptors (Lipinski definition) is 9. The fourth-order valence-electron chi connectivity index (χ4n) is 5.68. The molecule has 0 bridgehead atoms. The van der Waals surface area contributed by atoms with Gasteiger partial charge in [0.25, 0.3) is 0 Å². The first-order valence-corrected chi connectivity index (χ1v) is 17.2. The summed E-state index contributed by atoms with van der Waals surface area (Å²) < 4.78 is 69.0. The van der Waals surface area contributed by atoms with Gasteiger partial charge in [0.15, 0.2) is 11.6 Å². The Hall–Kier alpha value is -4.07. The van der Waals surface area contributed by atoms with Crippen LogP contribution < -0.4 is 14.8 Å². The molecule has 1 saturated carbocycles. The molecule has 3 heterocycles. The van der Waals surface area contributed by atoms with Gasteiger partial charge in [-0.25, -0.2) is 32.6 Å². The van der Waals surface area contributed by atoms with Crippen molar-refractivity contribution < 1.29 is 31.5 Å². The number of carbonyl (C=O) groups excluding carboxylic acids is 1. The number of pyridine rings is 1. The maximum atomic E-state index is 15.2. The molecule has 0 radical (unpaired) electrons. The van der Waals surface area contributed by atoms with E-state index < -0.39 is 38.7 Å². The van der Waals surface area contributed by atoms with Crippen LogP contribution in [0.2, 0.25) is 0 Å². The summed E-state index contributed by atoms with van der Waals surface area (Å²) in [6.45, 7) is 6.48. The van der Waals surface area contributed by atoms with Crippen LogP contribution in [0.5, 0.6) is 11.6 Å². The molecular formula is C32H40F2N6O5S. The molecule has 0 spiro atoms. The summed E-state index contributed by atoms with van der Waals surface area (Å²) in [6, 6.07) is 7.12. The Balaban J connectivity index is 1.28. The number of rotatable bonds is 9.